The molecule has 30 heavy (non-hydrogen) atoms. The molecule has 0 saturated heterocycles. The summed E-state index contributed by atoms with van der Waals surface area (Å²) in [4.78, 5) is 22.0. The molecule has 4 rings (SSSR count). The molecule has 0 saturated carbocycles. The van der Waals surface area contributed by atoms with Crippen molar-refractivity contribution >= 4 is 17.4 Å². The number of hydrogen-bond acceptors (Lipinski definition) is 5. The van der Waals surface area contributed by atoms with Crippen LogP contribution in [-0.4, -0.2) is 15.9 Å². The van der Waals surface area contributed by atoms with Crippen LogP contribution >= 0.6 is 0 Å². The number of carbonyl (C=O) groups excluding carboxylic acids is 1. The summed E-state index contributed by atoms with van der Waals surface area (Å²) in [6.07, 6.45) is 1.62. The van der Waals surface area contributed by atoms with E-state index < -0.39 is 0 Å². The monoisotopic (exact) mass is 398 g/mol. The Kier molecular flexibility index (Phi) is 5.57. The lowest BCUT2D eigenvalue weighted by atomic mass is 10.1. The highest BCUT2D eigenvalue weighted by Crippen LogP contribution is 2.20. The second-order valence-electron chi connectivity index (χ2n) is 7.09. The van der Waals surface area contributed by atoms with Gasteiger partial charge in [-0.2, -0.15) is 0 Å². The van der Waals surface area contributed by atoms with Crippen LogP contribution < -0.4 is 10.6 Å². The maximum absolute atomic E-state index is 13.0. The first-order valence-corrected chi connectivity index (χ1v) is 9.67. The number of aryl methyl sites for hydroxylation is 2. The number of carbonyl (C=O) groups is 1. The lowest BCUT2D eigenvalue weighted by Crippen LogP contribution is -2.16. The van der Waals surface area contributed by atoms with E-state index in [2.05, 4.69) is 26.7 Å². The molecule has 0 bridgehead atoms. The van der Waals surface area contributed by atoms with Crippen LogP contribution in [0.4, 0.5) is 11.5 Å². The number of rotatable bonds is 6. The molecule has 1 amide bonds. The van der Waals surface area contributed by atoms with Gasteiger partial charge in [0.15, 0.2) is 5.82 Å². The standard InChI is InChI=1S/C24H22N4O2/c1-16-11-17(2)13-19(12-16)26-24(29)21-14-22(25-15-20-9-6-10-30-20)28-23(27-21)18-7-4-3-5-8-18/h3-14H,15H2,1-2H3,(H,26,29)(H,25,27,28). The molecule has 6 nitrogen and oxygen atoms in total. The van der Waals surface area contributed by atoms with Gasteiger partial charge in [-0.05, 0) is 49.2 Å². The van der Waals surface area contributed by atoms with Gasteiger partial charge in [-0.15, -0.1) is 0 Å². The van der Waals surface area contributed by atoms with Crippen LogP contribution in [0, 0.1) is 13.8 Å². The van der Waals surface area contributed by atoms with Crippen LogP contribution in [0.5, 0.6) is 0 Å². The second kappa shape index (κ2) is 8.61. The molecule has 0 aliphatic carbocycles. The molecule has 0 spiro atoms. The quantitative estimate of drug-likeness (QED) is 0.466. The van der Waals surface area contributed by atoms with Gasteiger partial charge in [0, 0.05) is 17.3 Å². The molecule has 2 aromatic carbocycles. The zero-order valence-electron chi connectivity index (χ0n) is 16.8. The first kappa shape index (κ1) is 19.4. The van der Waals surface area contributed by atoms with E-state index in [1.807, 2.05) is 68.4 Å². The lowest BCUT2D eigenvalue weighted by molar-refractivity contribution is 0.102. The number of nitrogens with one attached hydrogen (secondary N) is 2. The van der Waals surface area contributed by atoms with Gasteiger partial charge in [-0.25, -0.2) is 9.97 Å². The minimum atomic E-state index is -0.291. The predicted molar refractivity (Wildman–Crippen MR) is 117 cm³/mol. The van der Waals surface area contributed by atoms with Crippen molar-refractivity contribution in [2.75, 3.05) is 10.6 Å². The van der Waals surface area contributed by atoms with Crippen LogP contribution in [0.2, 0.25) is 0 Å². The first-order valence-electron chi connectivity index (χ1n) is 9.67. The van der Waals surface area contributed by atoms with Gasteiger partial charge >= 0.3 is 0 Å². The molecule has 0 fully saturated rings. The van der Waals surface area contributed by atoms with Gasteiger partial charge in [-0.1, -0.05) is 36.4 Å². The van der Waals surface area contributed by atoms with Crippen molar-refractivity contribution in [3.63, 3.8) is 0 Å². The van der Waals surface area contributed by atoms with E-state index in [1.165, 1.54) is 0 Å². The number of amides is 1. The van der Waals surface area contributed by atoms with E-state index in [0.717, 1.165) is 28.1 Å². The SMILES string of the molecule is Cc1cc(C)cc(NC(=O)c2cc(NCc3ccco3)nc(-c3ccccc3)n2)c1. The van der Waals surface area contributed by atoms with Crippen LogP contribution in [0.1, 0.15) is 27.4 Å². The second-order valence-corrected chi connectivity index (χ2v) is 7.09. The molecule has 2 heterocycles. The van der Waals surface area contributed by atoms with E-state index in [4.69, 9.17) is 4.42 Å². The van der Waals surface area contributed by atoms with Gasteiger partial charge in [0.1, 0.15) is 17.3 Å². The molecule has 4 aromatic rings. The normalized spacial score (nSPS) is 10.6. The van der Waals surface area contributed by atoms with Crippen molar-refractivity contribution in [1.29, 1.82) is 0 Å². The number of furan rings is 1. The molecular formula is C24H22N4O2. The van der Waals surface area contributed by atoms with Crippen LogP contribution in [0.3, 0.4) is 0 Å². The van der Waals surface area contributed by atoms with Crippen molar-refractivity contribution < 1.29 is 9.21 Å². The summed E-state index contributed by atoms with van der Waals surface area (Å²) in [5.74, 6) is 1.51. The van der Waals surface area contributed by atoms with Crippen molar-refractivity contribution in [1.82, 2.24) is 9.97 Å². The van der Waals surface area contributed by atoms with Gasteiger partial charge in [0.05, 0.1) is 12.8 Å². The molecule has 150 valence electrons. The van der Waals surface area contributed by atoms with E-state index >= 15 is 0 Å². The largest absolute Gasteiger partial charge is 0.467 e. The Morgan fingerprint density at radius 1 is 0.933 bits per heavy atom. The molecule has 0 atom stereocenters. The smallest absolute Gasteiger partial charge is 0.274 e. The third-order valence-corrected chi connectivity index (χ3v) is 4.49. The summed E-state index contributed by atoms with van der Waals surface area (Å²) >= 11 is 0. The van der Waals surface area contributed by atoms with Crippen LogP contribution in [0.25, 0.3) is 11.4 Å². The topological polar surface area (TPSA) is 80.0 Å². The van der Waals surface area contributed by atoms with Crippen molar-refractivity contribution in [3.05, 3.63) is 95.6 Å². The van der Waals surface area contributed by atoms with E-state index in [-0.39, 0.29) is 11.6 Å². The molecule has 2 aromatic heterocycles. The molecule has 0 unspecified atom stereocenters. The molecule has 6 heteroatoms. The summed E-state index contributed by atoms with van der Waals surface area (Å²) in [5, 5.41) is 6.15. The number of aromatic nitrogens is 2. The molecular weight excluding hydrogens is 376 g/mol. The average Bonchev–Trinajstić information content (AvgIpc) is 3.26. The number of hydrogen-bond donors (Lipinski definition) is 2. The third kappa shape index (κ3) is 4.72. The van der Waals surface area contributed by atoms with Gasteiger partial charge in [-0.3, -0.25) is 4.79 Å². The lowest BCUT2D eigenvalue weighted by Gasteiger charge is -2.11. The Morgan fingerprint density at radius 3 is 2.40 bits per heavy atom. The first-order chi connectivity index (χ1) is 14.6. The highest BCUT2D eigenvalue weighted by Gasteiger charge is 2.14. The number of benzene rings is 2. The number of anilines is 2. The highest BCUT2D eigenvalue weighted by molar-refractivity contribution is 6.03. The maximum atomic E-state index is 13.0. The summed E-state index contributed by atoms with van der Waals surface area (Å²) in [6.45, 7) is 4.45. The molecule has 0 radical (unpaired) electrons. The Morgan fingerprint density at radius 2 is 1.70 bits per heavy atom. The summed E-state index contributed by atoms with van der Waals surface area (Å²) < 4.78 is 5.36. The Balaban J connectivity index is 1.64. The average molecular weight is 398 g/mol. The van der Waals surface area contributed by atoms with Gasteiger partial charge in [0.25, 0.3) is 5.91 Å². The van der Waals surface area contributed by atoms with E-state index in [9.17, 15) is 4.79 Å². The number of nitrogens with zero attached hydrogens (tertiary/aromatic N) is 2. The molecule has 0 aliphatic heterocycles. The summed E-state index contributed by atoms with van der Waals surface area (Å²) in [6, 6.07) is 20.9. The van der Waals surface area contributed by atoms with E-state index in [0.29, 0.717) is 18.2 Å². The molecule has 2 N–H and O–H groups in total. The minimum Gasteiger partial charge on any atom is -0.467 e. The van der Waals surface area contributed by atoms with Crippen molar-refractivity contribution in [2.24, 2.45) is 0 Å². The Labute approximate surface area is 175 Å². The zero-order valence-corrected chi connectivity index (χ0v) is 16.8. The fourth-order valence-electron chi connectivity index (χ4n) is 3.20. The van der Waals surface area contributed by atoms with Crippen molar-refractivity contribution in [3.8, 4) is 11.4 Å². The van der Waals surface area contributed by atoms with Gasteiger partial charge in [0.2, 0.25) is 0 Å². The Hall–Kier alpha value is -3.93. The van der Waals surface area contributed by atoms with Gasteiger partial charge < -0.3 is 15.1 Å². The van der Waals surface area contributed by atoms with Crippen LogP contribution in [0.15, 0.2) is 77.4 Å². The molecule has 0 aliphatic rings. The van der Waals surface area contributed by atoms with Crippen molar-refractivity contribution in [2.45, 2.75) is 20.4 Å². The Bertz CT molecular complexity index is 1140. The minimum absolute atomic E-state index is 0.282. The summed E-state index contributed by atoms with van der Waals surface area (Å²) in [5.41, 5.74) is 4.02. The summed E-state index contributed by atoms with van der Waals surface area (Å²) in [7, 11) is 0. The fraction of sp³-hybridized carbons (Fsp3) is 0.125. The third-order valence-electron chi connectivity index (χ3n) is 4.49. The zero-order chi connectivity index (χ0) is 20.9. The van der Waals surface area contributed by atoms with E-state index in [1.54, 1.807) is 12.3 Å². The van der Waals surface area contributed by atoms with Crippen LogP contribution in [-0.2, 0) is 6.54 Å². The highest BCUT2D eigenvalue weighted by atomic mass is 16.3. The maximum Gasteiger partial charge on any atom is 0.274 e. The fourth-order valence-corrected chi connectivity index (χ4v) is 3.20. The predicted octanol–water partition coefficient (Wildman–Crippen LogP) is 5.22.